The molecule has 1 heterocycles. The lowest BCUT2D eigenvalue weighted by Gasteiger charge is -2.22. The lowest BCUT2D eigenvalue weighted by molar-refractivity contribution is -0.157. The molecule has 0 saturated carbocycles. The lowest BCUT2D eigenvalue weighted by Crippen LogP contribution is -2.35. The second kappa shape index (κ2) is 6.52. The SMILES string of the molecule is FC(F)(F)C(NCCc1ccccn1)c1ccccc1. The van der Waals surface area contributed by atoms with E-state index in [0.29, 0.717) is 6.42 Å². The molecule has 0 radical (unpaired) electrons. The molecular formula is C15H15F3N2. The zero-order chi connectivity index (χ0) is 14.4. The van der Waals surface area contributed by atoms with Crippen LogP contribution in [0, 0.1) is 0 Å². The van der Waals surface area contributed by atoms with E-state index in [1.165, 1.54) is 12.1 Å². The summed E-state index contributed by atoms with van der Waals surface area (Å²) < 4.78 is 39.2. The average molecular weight is 280 g/mol. The van der Waals surface area contributed by atoms with E-state index < -0.39 is 12.2 Å². The van der Waals surface area contributed by atoms with Crippen LogP contribution in [0.3, 0.4) is 0 Å². The number of nitrogens with one attached hydrogen (secondary N) is 1. The lowest BCUT2D eigenvalue weighted by atomic mass is 10.1. The van der Waals surface area contributed by atoms with Crippen LogP contribution in [0.25, 0.3) is 0 Å². The van der Waals surface area contributed by atoms with Gasteiger partial charge in [0.05, 0.1) is 0 Å². The summed E-state index contributed by atoms with van der Waals surface area (Å²) >= 11 is 0. The second-order valence-corrected chi connectivity index (χ2v) is 4.41. The highest BCUT2D eigenvalue weighted by Gasteiger charge is 2.40. The molecule has 1 N–H and O–H groups in total. The molecule has 1 aromatic heterocycles. The van der Waals surface area contributed by atoms with Crippen molar-refractivity contribution in [3.8, 4) is 0 Å². The van der Waals surface area contributed by atoms with Crippen LogP contribution in [0.2, 0.25) is 0 Å². The van der Waals surface area contributed by atoms with E-state index in [9.17, 15) is 13.2 Å². The van der Waals surface area contributed by atoms with Crippen molar-refractivity contribution >= 4 is 0 Å². The van der Waals surface area contributed by atoms with Gasteiger partial charge in [0.1, 0.15) is 6.04 Å². The van der Waals surface area contributed by atoms with Gasteiger partial charge in [0.15, 0.2) is 0 Å². The number of alkyl halides is 3. The predicted molar refractivity (Wildman–Crippen MR) is 71.2 cm³/mol. The van der Waals surface area contributed by atoms with Crippen molar-refractivity contribution in [1.29, 1.82) is 0 Å². The average Bonchev–Trinajstić information content (AvgIpc) is 2.44. The molecule has 5 heteroatoms. The van der Waals surface area contributed by atoms with Crippen molar-refractivity contribution in [2.45, 2.75) is 18.6 Å². The highest BCUT2D eigenvalue weighted by atomic mass is 19.4. The summed E-state index contributed by atoms with van der Waals surface area (Å²) in [5.74, 6) is 0. The Labute approximate surface area is 115 Å². The number of aromatic nitrogens is 1. The highest BCUT2D eigenvalue weighted by molar-refractivity contribution is 5.20. The number of benzene rings is 1. The minimum absolute atomic E-state index is 0.218. The third-order valence-corrected chi connectivity index (χ3v) is 2.92. The molecule has 1 unspecified atom stereocenters. The Morgan fingerprint density at radius 1 is 1.00 bits per heavy atom. The number of rotatable bonds is 5. The Morgan fingerprint density at radius 2 is 1.70 bits per heavy atom. The maximum Gasteiger partial charge on any atom is 0.407 e. The number of halogens is 3. The zero-order valence-electron chi connectivity index (χ0n) is 10.8. The quantitative estimate of drug-likeness (QED) is 0.906. The topological polar surface area (TPSA) is 24.9 Å². The van der Waals surface area contributed by atoms with Crippen LogP contribution in [0.15, 0.2) is 54.7 Å². The Hall–Kier alpha value is -1.88. The minimum Gasteiger partial charge on any atom is -0.302 e. The molecule has 1 aromatic carbocycles. The molecule has 2 nitrogen and oxygen atoms in total. The monoisotopic (exact) mass is 280 g/mol. The van der Waals surface area contributed by atoms with E-state index in [4.69, 9.17) is 0 Å². The van der Waals surface area contributed by atoms with Crippen molar-refractivity contribution in [3.05, 3.63) is 66.0 Å². The number of nitrogens with zero attached hydrogens (tertiary/aromatic N) is 1. The van der Waals surface area contributed by atoms with Gasteiger partial charge in [0, 0.05) is 24.9 Å². The smallest absolute Gasteiger partial charge is 0.302 e. The van der Waals surface area contributed by atoms with Gasteiger partial charge in [-0.2, -0.15) is 13.2 Å². The third kappa shape index (κ3) is 4.06. The normalized spacial score (nSPS) is 13.2. The standard InChI is InChI=1S/C15H15F3N2/c16-15(17,18)14(12-6-2-1-3-7-12)20-11-9-13-8-4-5-10-19-13/h1-8,10,14,20H,9,11H2. The number of hydrogen-bond acceptors (Lipinski definition) is 2. The van der Waals surface area contributed by atoms with Crippen molar-refractivity contribution in [2.75, 3.05) is 6.54 Å². The van der Waals surface area contributed by atoms with Crippen molar-refractivity contribution in [2.24, 2.45) is 0 Å². The Bertz CT molecular complexity index is 512. The van der Waals surface area contributed by atoms with Crippen molar-refractivity contribution < 1.29 is 13.2 Å². The van der Waals surface area contributed by atoms with Crippen LogP contribution in [0.4, 0.5) is 13.2 Å². The maximum atomic E-state index is 13.1. The van der Waals surface area contributed by atoms with Crippen LogP contribution in [-0.2, 0) is 6.42 Å². The summed E-state index contributed by atoms with van der Waals surface area (Å²) in [7, 11) is 0. The molecule has 0 aliphatic rings. The summed E-state index contributed by atoms with van der Waals surface area (Å²) in [4.78, 5) is 4.09. The number of pyridine rings is 1. The molecule has 2 rings (SSSR count). The molecule has 20 heavy (non-hydrogen) atoms. The Morgan fingerprint density at radius 3 is 2.30 bits per heavy atom. The predicted octanol–water partition coefficient (Wildman–Crippen LogP) is 3.52. The molecular weight excluding hydrogens is 265 g/mol. The second-order valence-electron chi connectivity index (χ2n) is 4.41. The van der Waals surface area contributed by atoms with Gasteiger partial charge in [0.2, 0.25) is 0 Å². The first-order valence-corrected chi connectivity index (χ1v) is 6.32. The van der Waals surface area contributed by atoms with Crippen molar-refractivity contribution in [3.63, 3.8) is 0 Å². The fourth-order valence-corrected chi connectivity index (χ4v) is 1.96. The Balaban J connectivity index is 1.99. The molecule has 0 aliphatic heterocycles. The van der Waals surface area contributed by atoms with Gasteiger partial charge in [-0.1, -0.05) is 36.4 Å². The molecule has 2 aromatic rings. The van der Waals surface area contributed by atoms with E-state index in [1.807, 2.05) is 6.07 Å². The van der Waals surface area contributed by atoms with E-state index in [0.717, 1.165) is 5.69 Å². The molecule has 0 aliphatic carbocycles. The summed E-state index contributed by atoms with van der Waals surface area (Å²) in [5.41, 5.74) is 0.995. The van der Waals surface area contributed by atoms with Gasteiger partial charge in [-0.05, 0) is 17.7 Å². The van der Waals surface area contributed by atoms with Gasteiger partial charge in [0.25, 0.3) is 0 Å². The van der Waals surface area contributed by atoms with Gasteiger partial charge >= 0.3 is 6.18 Å². The van der Waals surface area contributed by atoms with Crippen LogP contribution < -0.4 is 5.32 Å². The van der Waals surface area contributed by atoms with Gasteiger partial charge in [-0.15, -0.1) is 0 Å². The van der Waals surface area contributed by atoms with Crippen LogP contribution >= 0.6 is 0 Å². The fourth-order valence-electron chi connectivity index (χ4n) is 1.96. The molecule has 1 atom stereocenters. The molecule has 0 bridgehead atoms. The largest absolute Gasteiger partial charge is 0.407 e. The van der Waals surface area contributed by atoms with E-state index in [2.05, 4.69) is 10.3 Å². The van der Waals surface area contributed by atoms with Gasteiger partial charge in [-0.25, -0.2) is 0 Å². The zero-order valence-corrected chi connectivity index (χ0v) is 10.8. The number of hydrogen-bond donors (Lipinski definition) is 1. The van der Waals surface area contributed by atoms with Gasteiger partial charge in [-0.3, -0.25) is 4.98 Å². The molecule has 0 amide bonds. The molecule has 106 valence electrons. The molecule has 0 saturated heterocycles. The Kier molecular flexibility index (Phi) is 4.74. The highest BCUT2D eigenvalue weighted by Crippen LogP contribution is 2.32. The molecule has 0 spiro atoms. The van der Waals surface area contributed by atoms with Crippen LogP contribution in [0.1, 0.15) is 17.3 Å². The maximum absolute atomic E-state index is 13.1. The van der Waals surface area contributed by atoms with Crippen LogP contribution in [-0.4, -0.2) is 17.7 Å². The molecule has 0 fully saturated rings. The van der Waals surface area contributed by atoms with Crippen LogP contribution in [0.5, 0.6) is 0 Å². The van der Waals surface area contributed by atoms with E-state index in [-0.39, 0.29) is 12.1 Å². The third-order valence-electron chi connectivity index (χ3n) is 2.92. The summed E-state index contributed by atoms with van der Waals surface area (Å²) in [6.45, 7) is 0.218. The summed E-state index contributed by atoms with van der Waals surface area (Å²) in [6.07, 6.45) is -2.22. The minimum atomic E-state index is -4.31. The first-order chi connectivity index (χ1) is 9.57. The summed E-state index contributed by atoms with van der Waals surface area (Å²) in [6, 6.07) is 11.6. The first-order valence-electron chi connectivity index (χ1n) is 6.32. The summed E-state index contributed by atoms with van der Waals surface area (Å²) in [5, 5.41) is 2.56. The van der Waals surface area contributed by atoms with Crippen molar-refractivity contribution in [1.82, 2.24) is 10.3 Å². The fraction of sp³-hybridized carbons (Fsp3) is 0.267. The van der Waals surface area contributed by atoms with E-state index >= 15 is 0 Å². The first kappa shape index (κ1) is 14.5. The van der Waals surface area contributed by atoms with E-state index in [1.54, 1.807) is 36.5 Å². The van der Waals surface area contributed by atoms with Gasteiger partial charge < -0.3 is 5.32 Å².